The van der Waals surface area contributed by atoms with Gasteiger partial charge in [0.2, 0.25) is 0 Å². The van der Waals surface area contributed by atoms with E-state index in [0.29, 0.717) is 50.6 Å². The molecule has 31 heavy (non-hydrogen) atoms. The predicted octanol–water partition coefficient (Wildman–Crippen LogP) is 3.56. The maximum absolute atomic E-state index is 12.9. The van der Waals surface area contributed by atoms with Gasteiger partial charge in [-0.25, -0.2) is 9.80 Å². The van der Waals surface area contributed by atoms with Gasteiger partial charge < -0.3 is 9.84 Å². The number of urea groups is 1. The molecule has 2 aliphatic rings. The summed E-state index contributed by atoms with van der Waals surface area (Å²) in [6.07, 6.45) is 2.36. The molecule has 2 aliphatic heterocycles. The van der Waals surface area contributed by atoms with E-state index in [4.69, 9.17) is 4.74 Å². The van der Waals surface area contributed by atoms with E-state index in [9.17, 15) is 14.7 Å². The number of hydrogen-bond donors (Lipinski definition) is 2. The molecule has 0 aliphatic carbocycles. The second kappa shape index (κ2) is 8.63. The Bertz CT molecular complexity index is 852. The molecule has 170 valence electrons. The van der Waals surface area contributed by atoms with Crippen LogP contribution in [0.1, 0.15) is 64.7 Å². The molecule has 0 spiro atoms. The number of imide groups is 1. The van der Waals surface area contributed by atoms with Crippen molar-refractivity contribution in [1.29, 1.82) is 0 Å². The van der Waals surface area contributed by atoms with E-state index in [1.165, 1.54) is 4.90 Å². The number of nitrogens with zero attached hydrogens (tertiary/aromatic N) is 2. The van der Waals surface area contributed by atoms with Crippen molar-refractivity contribution >= 4 is 18.0 Å². The summed E-state index contributed by atoms with van der Waals surface area (Å²) in [4.78, 5) is 26.8. The average molecular weight is 430 g/mol. The van der Waals surface area contributed by atoms with E-state index in [2.05, 4.69) is 47.0 Å². The van der Waals surface area contributed by atoms with Gasteiger partial charge in [0.05, 0.1) is 13.2 Å². The van der Waals surface area contributed by atoms with Crippen molar-refractivity contribution < 1.29 is 19.4 Å². The van der Waals surface area contributed by atoms with Crippen LogP contribution in [0.2, 0.25) is 0 Å². The molecule has 3 amide bonds. The van der Waals surface area contributed by atoms with Crippen LogP contribution in [-0.2, 0) is 20.4 Å². The Morgan fingerprint density at radius 1 is 1.03 bits per heavy atom. The van der Waals surface area contributed by atoms with Crippen molar-refractivity contribution in [1.82, 2.24) is 15.3 Å². The standard InChI is InChI=1S/C24H35N3O4/c1-23(2,3)18-14-16(15-19(20(18)28)24(4,5)6)13-17-7-8-27(21(17)29)22(30)25-26-9-11-31-12-10-26/h13-15,28H,7-12H2,1-6H3,(H,25,30). The zero-order valence-corrected chi connectivity index (χ0v) is 19.5. The molecule has 0 saturated carbocycles. The van der Waals surface area contributed by atoms with Gasteiger partial charge in [-0.2, -0.15) is 0 Å². The first kappa shape index (κ1) is 23.3. The molecule has 1 aromatic carbocycles. The number of benzene rings is 1. The number of phenols is 1. The summed E-state index contributed by atoms with van der Waals surface area (Å²) in [5.41, 5.74) is 5.46. The minimum absolute atomic E-state index is 0.248. The normalized spacial score (nSPS) is 19.9. The van der Waals surface area contributed by atoms with Crippen LogP contribution in [-0.4, -0.2) is 59.8 Å². The highest BCUT2D eigenvalue weighted by Gasteiger charge is 2.32. The molecule has 2 heterocycles. The molecular weight excluding hydrogens is 394 g/mol. The first-order valence-corrected chi connectivity index (χ1v) is 10.9. The lowest BCUT2D eigenvalue weighted by molar-refractivity contribution is -0.122. The largest absolute Gasteiger partial charge is 0.507 e. The van der Waals surface area contributed by atoms with Crippen LogP contribution in [0.4, 0.5) is 4.79 Å². The summed E-state index contributed by atoms with van der Waals surface area (Å²) in [6, 6.07) is 3.49. The minimum Gasteiger partial charge on any atom is -0.507 e. The fraction of sp³-hybridized carbons (Fsp3) is 0.583. The molecule has 0 bridgehead atoms. The summed E-state index contributed by atoms with van der Waals surface area (Å²) in [5.74, 6) is 0.0415. The van der Waals surface area contributed by atoms with Gasteiger partial charge in [-0.15, -0.1) is 0 Å². The van der Waals surface area contributed by atoms with E-state index in [1.807, 2.05) is 18.2 Å². The van der Waals surface area contributed by atoms with Gasteiger partial charge in [0.1, 0.15) is 5.75 Å². The molecule has 1 aromatic rings. The first-order chi connectivity index (χ1) is 14.4. The number of nitrogens with one attached hydrogen (secondary N) is 1. The van der Waals surface area contributed by atoms with Gasteiger partial charge in [-0.05, 0) is 41.0 Å². The number of aromatic hydroxyl groups is 1. The van der Waals surface area contributed by atoms with Gasteiger partial charge in [-0.3, -0.25) is 15.1 Å². The number of amides is 3. The molecule has 0 aromatic heterocycles. The van der Waals surface area contributed by atoms with Crippen molar-refractivity contribution in [3.05, 3.63) is 34.4 Å². The molecule has 7 heteroatoms. The third kappa shape index (κ3) is 5.28. The number of morpholine rings is 1. The summed E-state index contributed by atoms with van der Waals surface area (Å²) in [6.45, 7) is 15.1. The number of hydrogen-bond acceptors (Lipinski definition) is 5. The third-order valence-electron chi connectivity index (χ3n) is 5.72. The lowest BCUT2D eigenvalue weighted by atomic mass is 9.78. The fourth-order valence-electron chi connectivity index (χ4n) is 3.90. The lowest BCUT2D eigenvalue weighted by Crippen LogP contribution is -2.53. The Morgan fingerprint density at radius 3 is 2.10 bits per heavy atom. The summed E-state index contributed by atoms with van der Waals surface area (Å²) >= 11 is 0. The number of hydrazine groups is 1. The first-order valence-electron chi connectivity index (χ1n) is 10.9. The van der Waals surface area contributed by atoms with E-state index in [0.717, 1.165) is 16.7 Å². The Labute approximate surface area is 185 Å². The maximum Gasteiger partial charge on any atom is 0.338 e. The van der Waals surface area contributed by atoms with Crippen LogP contribution < -0.4 is 5.43 Å². The molecule has 2 fully saturated rings. The lowest BCUT2D eigenvalue weighted by Gasteiger charge is -2.28. The number of rotatable bonds is 2. The molecule has 0 unspecified atom stereocenters. The van der Waals surface area contributed by atoms with E-state index in [1.54, 1.807) is 5.01 Å². The van der Waals surface area contributed by atoms with Gasteiger partial charge in [0, 0.05) is 36.3 Å². The maximum atomic E-state index is 12.9. The number of carbonyl (C=O) groups excluding carboxylic acids is 2. The molecule has 7 nitrogen and oxygen atoms in total. The van der Waals surface area contributed by atoms with E-state index in [-0.39, 0.29) is 16.7 Å². The van der Waals surface area contributed by atoms with E-state index < -0.39 is 6.03 Å². The fourth-order valence-corrected chi connectivity index (χ4v) is 3.90. The predicted molar refractivity (Wildman–Crippen MR) is 121 cm³/mol. The molecule has 0 atom stereocenters. The molecule has 3 rings (SSSR count). The van der Waals surface area contributed by atoms with Gasteiger partial charge in [-0.1, -0.05) is 41.5 Å². The Balaban J connectivity index is 1.86. The van der Waals surface area contributed by atoms with Crippen molar-refractivity contribution in [2.24, 2.45) is 0 Å². The zero-order chi connectivity index (χ0) is 23.0. The Hall–Kier alpha value is -2.38. The molecule has 0 radical (unpaired) electrons. The van der Waals surface area contributed by atoms with Crippen LogP contribution in [0.15, 0.2) is 17.7 Å². The quantitative estimate of drug-likeness (QED) is 0.703. The number of likely N-dealkylation sites (tertiary alicyclic amines) is 1. The van der Waals surface area contributed by atoms with Gasteiger partial charge in [0.15, 0.2) is 0 Å². The highest BCUT2D eigenvalue weighted by molar-refractivity contribution is 6.08. The van der Waals surface area contributed by atoms with E-state index >= 15 is 0 Å². The van der Waals surface area contributed by atoms with Gasteiger partial charge in [0.25, 0.3) is 5.91 Å². The molecular formula is C24H35N3O4. The summed E-state index contributed by atoms with van der Waals surface area (Å²) < 4.78 is 5.29. The Kier molecular flexibility index (Phi) is 6.48. The number of ether oxygens (including phenoxy) is 1. The van der Waals surface area contributed by atoms with Crippen molar-refractivity contribution in [2.45, 2.75) is 58.8 Å². The van der Waals surface area contributed by atoms with Crippen LogP contribution in [0.25, 0.3) is 6.08 Å². The minimum atomic E-state index is -0.397. The van der Waals surface area contributed by atoms with Crippen molar-refractivity contribution in [2.75, 3.05) is 32.8 Å². The monoisotopic (exact) mass is 429 g/mol. The molecule has 2 saturated heterocycles. The highest BCUT2D eigenvalue weighted by atomic mass is 16.5. The Morgan fingerprint density at radius 2 is 1.58 bits per heavy atom. The van der Waals surface area contributed by atoms with Crippen LogP contribution in [0.5, 0.6) is 5.75 Å². The highest BCUT2D eigenvalue weighted by Crippen LogP contribution is 2.40. The second-order valence-electron chi connectivity index (χ2n) is 10.4. The number of carbonyl (C=O) groups is 2. The third-order valence-corrected chi connectivity index (χ3v) is 5.72. The number of phenolic OH excluding ortho intramolecular Hbond substituents is 1. The SMILES string of the molecule is CC(C)(C)c1cc(C=C2CCN(C(=O)NN3CCOCC3)C2=O)cc(C(C)(C)C)c1O. The topological polar surface area (TPSA) is 82.1 Å². The second-order valence-corrected chi connectivity index (χ2v) is 10.4. The van der Waals surface area contributed by atoms with Crippen LogP contribution in [0.3, 0.4) is 0 Å². The molecule has 2 N–H and O–H groups in total. The van der Waals surface area contributed by atoms with Crippen molar-refractivity contribution in [3.8, 4) is 5.75 Å². The van der Waals surface area contributed by atoms with Crippen LogP contribution >= 0.6 is 0 Å². The zero-order valence-electron chi connectivity index (χ0n) is 19.5. The van der Waals surface area contributed by atoms with Crippen LogP contribution in [0, 0.1) is 0 Å². The summed E-state index contributed by atoms with van der Waals surface area (Å²) in [5, 5.41) is 12.7. The van der Waals surface area contributed by atoms with Crippen molar-refractivity contribution in [3.63, 3.8) is 0 Å². The van der Waals surface area contributed by atoms with Gasteiger partial charge >= 0.3 is 6.03 Å². The summed E-state index contributed by atoms with van der Waals surface area (Å²) in [7, 11) is 0. The average Bonchev–Trinajstić information content (AvgIpc) is 3.02. The smallest absolute Gasteiger partial charge is 0.338 e.